The van der Waals surface area contributed by atoms with Gasteiger partial charge in [0.15, 0.2) is 0 Å². The van der Waals surface area contributed by atoms with Crippen molar-refractivity contribution in [2.24, 2.45) is 0 Å². The standard InChI is InChI=1S/C21H18ClFN2O2/c22-17-8-7-13(11-18(17)23)12-20(26)24-19-6-2-5-16-15(19)9-10-25(21(16)27)14-3-1-4-14/h2,5-11,14H,1,3-4,12H2,(H,24,26). The first-order valence-electron chi connectivity index (χ1n) is 8.90. The van der Waals surface area contributed by atoms with Crippen LogP contribution in [-0.2, 0) is 11.2 Å². The number of hydrogen-bond donors (Lipinski definition) is 1. The van der Waals surface area contributed by atoms with Gasteiger partial charge in [0.25, 0.3) is 5.56 Å². The lowest BCUT2D eigenvalue weighted by atomic mass is 9.92. The van der Waals surface area contributed by atoms with Crippen molar-refractivity contribution in [3.05, 3.63) is 75.4 Å². The highest BCUT2D eigenvalue weighted by atomic mass is 35.5. The normalized spacial score (nSPS) is 14.1. The van der Waals surface area contributed by atoms with Gasteiger partial charge in [0.2, 0.25) is 5.91 Å². The summed E-state index contributed by atoms with van der Waals surface area (Å²) in [6.45, 7) is 0. The first-order valence-corrected chi connectivity index (χ1v) is 9.28. The van der Waals surface area contributed by atoms with E-state index in [4.69, 9.17) is 11.6 Å². The summed E-state index contributed by atoms with van der Waals surface area (Å²) in [5.74, 6) is -0.837. The van der Waals surface area contributed by atoms with Gasteiger partial charge in [-0.15, -0.1) is 0 Å². The Labute approximate surface area is 160 Å². The number of aromatic nitrogens is 1. The van der Waals surface area contributed by atoms with E-state index >= 15 is 0 Å². The summed E-state index contributed by atoms with van der Waals surface area (Å²) in [4.78, 5) is 25.1. The molecule has 27 heavy (non-hydrogen) atoms. The molecule has 4 nitrogen and oxygen atoms in total. The molecule has 1 aliphatic rings. The van der Waals surface area contributed by atoms with Crippen molar-refractivity contribution in [3.63, 3.8) is 0 Å². The first kappa shape index (κ1) is 17.7. The van der Waals surface area contributed by atoms with Crippen molar-refractivity contribution in [1.82, 2.24) is 4.57 Å². The smallest absolute Gasteiger partial charge is 0.258 e. The largest absolute Gasteiger partial charge is 0.325 e. The monoisotopic (exact) mass is 384 g/mol. The Balaban J connectivity index is 1.59. The average Bonchev–Trinajstić information content (AvgIpc) is 2.59. The molecule has 1 heterocycles. The van der Waals surface area contributed by atoms with Crippen LogP contribution >= 0.6 is 11.6 Å². The Morgan fingerprint density at radius 3 is 2.70 bits per heavy atom. The fraction of sp³-hybridized carbons (Fsp3) is 0.238. The molecular weight excluding hydrogens is 367 g/mol. The lowest BCUT2D eigenvalue weighted by Crippen LogP contribution is -2.28. The molecule has 0 saturated heterocycles. The molecule has 1 aromatic heterocycles. The number of amides is 1. The minimum absolute atomic E-state index is 0.0175. The summed E-state index contributed by atoms with van der Waals surface area (Å²) in [5, 5.41) is 4.14. The van der Waals surface area contributed by atoms with Gasteiger partial charge in [-0.1, -0.05) is 23.7 Å². The number of pyridine rings is 1. The minimum atomic E-state index is -0.552. The lowest BCUT2D eigenvalue weighted by Gasteiger charge is -2.27. The zero-order valence-corrected chi connectivity index (χ0v) is 15.3. The van der Waals surface area contributed by atoms with E-state index in [1.54, 1.807) is 35.0 Å². The fourth-order valence-corrected chi connectivity index (χ4v) is 3.50. The first-order chi connectivity index (χ1) is 13.0. The van der Waals surface area contributed by atoms with Gasteiger partial charge in [0.05, 0.1) is 11.4 Å². The average molecular weight is 385 g/mol. The van der Waals surface area contributed by atoms with Crippen LogP contribution in [-0.4, -0.2) is 10.5 Å². The Morgan fingerprint density at radius 1 is 1.19 bits per heavy atom. The summed E-state index contributed by atoms with van der Waals surface area (Å²) < 4.78 is 15.3. The number of benzene rings is 2. The molecule has 0 unspecified atom stereocenters. The van der Waals surface area contributed by atoms with Gasteiger partial charge < -0.3 is 9.88 Å². The third kappa shape index (κ3) is 3.47. The summed E-state index contributed by atoms with van der Waals surface area (Å²) >= 11 is 5.67. The van der Waals surface area contributed by atoms with Crippen LogP contribution < -0.4 is 10.9 Å². The molecule has 1 saturated carbocycles. The van der Waals surface area contributed by atoms with E-state index in [0.717, 1.165) is 19.3 Å². The molecule has 0 aliphatic heterocycles. The van der Waals surface area contributed by atoms with E-state index in [9.17, 15) is 14.0 Å². The van der Waals surface area contributed by atoms with Crippen LogP contribution in [0.2, 0.25) is 5.02 Å². The number of rotatable bonds is 4. The van der Waals surface area contributed by atoms with Crippen LogP contribution in [0.5, 0.6) is 0 Å². The fourth-order valence-electron chi connectivity index (χ4n) is 3.38. The summed E-state index contributed by atoms with van der Waals surface area (Å²) in [5.41, 5.74) is 1.07. The van der Waals surface area contributed by atoms with Gasteiger partial charge in [-0.05, 0) is 55.2 Å². The number of fused-ring (bicyclic) bond motifs is 1. The van der Waals surface area contributed by atoms with Gasteiger partial charge in [-0.3, -0.25) is 9.59 Å². The summed E-state index contributed by atoms with van der Waals surface area (Å²) in [7, 11) is 0. The maximum absolute atomic E-state index is 13.5. The molecule has 0 spiro atoms. The van der Waals surface area contributed by atoms with Gasteiger partial charge in [0, 0.05) is 28.7 Å². The second-order valence-electron chi connectivity index (χ2n) is 6.85. The van der Waals surface area contributed by atoms with Crippen LogP contribution in [0.25, 0.3) is 10.8 Å². The number of anilines is 1. The summed E-state index contributed by atoms with van der Waals surface area (Å²) in [6, 6.07) is 11.7. The highest BCUT2D eigenvalue weighted by molar-refractivity contribution is 6.30. The third-order valence-electron chi connectivity index (χ3n) is 5.06. The van der Waals surface area contributed by atoms with Gasteiger partial charge in [-0.25, -0.2) is 4.39 Å². The zero-order chi connectivity index (χ0) is 19.0. The molecule has 138 valence electrons. The predicted molar refractivity (Wildman–Crippen MR) is 105 cm³/mol. The van der Waals surface area contributed by atoms with Crippen molar-refractivity contribution >= 4 is 34.0 Å². The van der Waals surface area contributed by atoms with E-state index in [1.165, 1.54) is 12.1 Å². The maximum Gasteiger partial charge on any atom is 0.258 e. The third-order valence-corrected chi connectivity index (χ3v) is 5.37. The second-order valence-corrected chi connectivity index (χ2v) is 7.26. The minimum Gasteiger partial charge on any atom is -0.325 e. The van der Waals surface area contributed by atoms with Crippen molar-refractivity contribution in [2.45, 2.75) is 31.7 Å². The van der Waals surface area contributed by atoms with E-state index in [-0.39, 0.29) is 29.0 Å². The van der Waals surface area contributed by atoms with Crippen molar-refractivity contribution in [3.8, 4) is 0 Å². The number of nitrogens with zero attached hydrogens (tertiary/aromatic N) is 1. The molecule has 1 N–H and O–H groups in total. The van der Waals surface area contributed by atoms with Crippen molar-refractivity contribution < 1.29 is 9.18 Å². The highest BCUT2D eigenvalue weighted by Crippen LogP contribution is 2.31. The Kier molecular flexibility index (Phi) is 4.70. The molecule has 0 radical (unpaired) electrons. The maximum atomic E-state index is 13.5. The van der Waals surface area contributed by atoms with Crippen LogP contribution in [0.15, 0.2) is 53.5 Å². The molecule has 6 heteroatoms. The molecule has 1 fully saturated rings. The SMILES string of the molecule is O=C(Cc1ccc(Cl)c(F)c1)Nc1cccc2c(=O)n(C3CCC3)ccc12. The van der Waals surface area contributed by atoms with Crippen LogP contribution in [0.1, 0.15) is 30.9 Å². The predicted octanol–water partition coefficient (Wildman–Crippen LogP) is 4.70. The summed E-state index contributed by atoms with van der Waals surface area (Å²) in [6.07, 6.45) is 5.03. The van der Waals surface area contributed by atoms with E-state index in [0.29, 0.717) is 22.0 Å². The molecule has 4 rings (SSSR count). The molecule has 3 aromatic rings. The quantitative estimate of drug-likeness (QED) is 0.708. The second kappa shape index (κ2) is 7.16. The Bertz CT molecular complexity index is 1090. The molecule has 1 amide bonds. The topological polar surface area (TPSA) is 51.1 Å². The molecule has 0 atom stereocenters. The van der Waals surface area contributed by atoms with Crippen LogP contribution in [0.3, 0.4) is 0 Å². The van der Waals surface area contributed by atoms with Gasteiger partial charge in [0.1, 0.15) is 5.82 Å². The van der Waals surface area contributed by atoms with Gasteiger partial charge >= 0.3 is 0 Å². The van der Waals surface area contributed by atoms with Crippen molar-refractivity contribution in [1.29, 1.82) is 0 Å². The lowest BCUT2D eigenvalue weighted by molar-refractivity contribution is -0.115. The van der Waals surface area contributed by atoms with Crippen LogP contribution in [0, 0.1) is 5.82 Å². The number of carbonyl (C=O) groups excluding carboxylic acids is 1. The highest BCUT2D eigenvalue weighted by Gasteiger charge is 2.21. The molecule has 2 aromatic carbocycles. The molecule has 0 bridgehead atoms. The number of carbonyl (C=O) groups is 1. The zero-order valence-electron chi connectivity index (χ0n) is 14.5. The van der Waals surface area contributed by atoms with E-state index < -0.39 is 5.82 Å². The van der Waals surface area contributed by atoms with Crippen LogP contribution in [0.4, 0.5) is 10.1 Å². The van der Waals surface area contributed by atoms with E-state index in [2.05, 4.69) is 5.32 Å². The van der Waals surface area contributed by atoms with Gasteiger partial charge in [-0.2, -0.15) is 0 Å². The number of hydrogen-bond acceptors (Lipinski definition) is 2. The molecular formula is C21H18ClFN2O2. The Hall–Kier alpha value is -2.66. The van der Waals surface area contributed by atoms with E-state index in [1.807, 2.05) is 6.07 Å². The van der Waals surface area contributed by atoms with Crippen molar-refractivity contribution in [2.75, 3.05) is 5.32 Å². The number of nitrogens with one attached hydrogen (secondary N) is 1. The molecule has 1 aliphatic carbocycles. The number of halogens is 2. The Morgan fingerprint density at radius 2 is 2.00 bits per heavy atom.